The second-order valence-corrected chi connectivity index (χ2v) is 6.98. The predicted octanol–water partition coefficient (Wildman–Crippen LogP) is 2.74. The smallest absolute Gasteiger partial charge is 0.194 e. The van der Waals surface area contributed by atoms with Gasteiger partial charge in [-0.25, -0.2) is 4.99 Å². The van der Waals surface area contributed by atoms with Crippen LogP contribution in [0.25, 0.3) is 0 Å². The minimum absolute atomic E-state index is 0.634. The zero-order chi connectivity index (χ0) is 17.9. The molecule has 0 aromatic carbocycles. The Bertz CT molecular complexity index is 728. The van der Waals surface area contributed by atoms with Crippen LogP contribution in [0.5, 0.6) is 0 Å². The van der Waals surface area contributed by atoms with E-state index in [0.29, 0.717) is 6.54 Å². The van der Waals surface area contributed by atoms with Gasteiger partial charge in [-0.05, 0) is 42.8 Å². The molecular weight excluding hydrogens is 368 g/mol. The van der Waals surface area contributed by atoms with Crippen molar-refractivity contribution in [1.82, 2.24) is 24.6 Å². The normalized spacial score (nSPS) is 11.9. The SMILES string of the molecule is CCNC(=NCc1c(C)nn(C)c1C)N(C)Cc1cc(Br)cn1C. The lowest BCUT2D eigenvalue weighted by Gasteiger charge is -2.22. The largest absolute Gasteiger partial charge is 0.357 e. The van der Waals surface area contributed by atoms with Gasteiger partial charge in [0.15, 0.2) is 5.96 Å². The van der Waals surface area contributed by atoms with E-state index in [1.165, 1.54) is 17.0 Å². The summed E-state index contributed by atoms with van der Waals surface area (Å²) in [4.78, 5) is 6.95. The van der Waals surface area contributed by atoms with Crippen LogP contribution >= 0.6 is 15.9 Å². The monoisotopic (exact) mass is 394 g/mol. The molecule has 0 aliphatic carbocycles. The van der Waals surface area contributed by atoms with Crippen LogP contribution in [-0.2, 0) is 27.2 Å². The van der Waals surface area contributed by atoms with E-state index in [1.54, 1.807) is 0 Å². The first kappa shape index (κ1) is 18.6. The highest BCUT2D eigenvalue weighted by Gasteiger charge is 2.12. The lowest BCUT2D eigenvalue weighted by Crippen LogP contribution is -2.38. The van der Waals surface area contributed by atoms with E-state index >= 15 is 0 Å². The lowest BCUT2D eigenvalue weighted by atomic mass is 10.2. The molecule has 2 heterocycles. The number of nitrogens with one attached hydrogen (secondary N) is 1. The number of rotatable bonds is 5. The maximum atomic E-state index is 4.81. The highest BCUT2D eigenvalue weighted by molar-refractivity contribution is 9.10. The van der Waals surface area contributed by atoms with Crippen molar-refractivity contribution < 1.29 is 0 Å². The third-order valence-corrected chi connectivity index (χ3v) is 4.65. The number of hydrogen-bond acceptors (Lipinski definition) is 2. The quantitative estimate of drug-likeness (QED) is 0.626. The standard InChI is InChI=1S/C17H27BrN6/c1-7-19-17(20-9-16-12(2)21-24(6)13(16)3)23(5)11-15-8-14(18)10-22(15)4/h8,10H,7,9,11H2,1-6H3,(H,19,20). The number of aliphatic imine (C=N–C) groups is 1. The number of aromatic nitrogens is 3. The van der Waals surface area contributed by atoms with Gasteiger partial charge in [-0.1, -0.05) is 0 Å². The third kappa shape index (κ3) is 4.20. The van der Waals surface area contributed by atoms with E-state index < -0.39 is 0 Å². The molecule has 6 nitrogen and oxygen atoms in total. The summed E-state index contributed by atoms with van der Waals surface area (Å²) < 4.78 is 5.13. The number of nitrogens with zero attached hydrogens (tertiary/aromatic N) is 5. The summed E-state index contributed by atoms with van der Waals surface area (Å²) >= 11 is 3.53. The fourth-order valence-corrected chi connectivity index (χ4v) is 3.28. The highest BCUT2D eigenvalue weighted by atomic mass is 79.9. The molecule has 2 aromatic heterocycles. The molecule has 0 spiro atoms. The topological polar surface area (TPSA) is 50.4 Å². The predicted molar refractivity (Wildman–Crippen MR) is 102 cm³/mol. The van der Waals surface area contributed by atoms with Crippen LogP contribution in [0.2, 0.25) is 0 Å². The first-order valence-electron chi connectivity index (χ1n) is 8.12. The number of aryl methyl sites for hydroxylation is 3. The average molecular weight is 395 g/mol. The molecule has 132 valence electrons. The zero-order valence-corrected chi connectivity index (χ0v) is 17.0. The number of halogens is 1. The van der Waals surface area contributed by atoms with Crippen molar-refractivity contribution in [3.8, 4) is 0 Å². The summed E-state index contributed by atoms with van der Waals surface area (Å²) in [5.41, 5.74) is 4.64. The Morgan fingerprint density at radius 2 is 2.08 bits per heavy atom. The first-order valence-corrected chi connectivity index (χ1v) is 8.92. The van der Waals surface area contributed by atoms with Gasteiger partial charge in [-0.2, -0.15) is 5.10 Å². The molecule has 0 amide bonds. The molecule has 0 saturated heterocycles. The Hall–Kier alpha value is -1.76. The van der Waals surface area contributed by atoms with E-state index in [0.717, 1.165) is 29.2 Å². The number of hydrogen-bond donors (Lipinski definition) is 1. The zero-order valence-electron chi connectivity index (χ0n) is 15.4. The van der Waals surface area contributed by atoms with Crippen LogP contribution < -0.4 is 5.32 Å². The van der Waals surface area contributed by atoms with E-state index in [-0.39, 0.29) is 0 Å². The van der Waals surface area contributed by atoms with E-state index in [9.17, 15) is 0 Å². The Labute approximate surface area is 152 Å². The molecule has 0 atom stereocenters. The van der Waals surface area contributed by atoms with Gasteiger partial charge in [0, 0.05) is 55.3 Å². The van der Waals surface area contributed by atoms with Gasteiger partial charge in [-0.15, -0.1) is 0 Å². The summed E-state index contributed by atoms with van der Waals surface area (Å²) in [6.45, 7) is 8.47. The third-order valence-electron chi connectivity index (χ3n) is 4.22. The molecule has 7 heteroatoms. The van der Waals surface area contributed by atoms with Gasteiger partial charge in [0.05, 0.1) is 18.8 Å². The van der Waals surface area contributed by atoms with Gasteiger partial charge >= 0.3 is 0 Å². The Morgan fingerprint density at radius 3 is 2.58 bits per heavy atom. The van der Waals surface area contributed by atoms with Crippen LogP contribution in [0.3, 0.4) is 0 Å². The fraction of sp³-hybridized carbons (Fsp3) is 0.529. The van der Waals surface area contributed by atoms with Crippen molar-refractivity contribution in [3.63, 3.8) is 0 Å². The molecule has 0 unspecified atom stereocenters. The lowest BCUT2D eigenvalue weighted by molar-refractivity contribution is 0.462. The van der Waals surface area contributed by atoms with Crippen molar-refractivity contribution in [2.45, 2.75) is 33.9 Å². The van der Waals surface area contributed by atoms with Crippen LogP contribution in [0.4, 0.5) is 0 Å². The Balaban J connectivity index is 2.16. The van der Waals surface area contributed by atoms with Crippen LogP contribution in [-0.4, -0.2) is 38.8 Å². The van der Waals surface area contributed by atoms with Crippen LogP contribution in [0.15, 0.2) is 21.7 Å². The Kier molecular flexibility index (Phi) is 6.10. The summed E-state index contributed by atoms with van der Waals surface area (Å²) in [6, 6.07) is 2.13. The van der Waals surface area contributed by atoms with Gasteiger partial charge in [0.2, 0.25) is 0 Å². The molecule has 2 aromatic rings. The van der Waals surface area contributed by atoms with Crippen molar-refractivity contribution in [3.05, 3.63) is 39.4 Å². The molecule has 24 heavy (non-hydrogen) atoms. The minimum atomic E-state index is 0.634. The van der Waals surface area contributed by atoms with Gasteiger partial charge < -0.3 is 14.8 Å². The highest BCUT2D eigenvalue weighted by Crippen LogP contribution is 2.16. The summed E-state index contributed by atoms with van der Waals surface area (Å²) in [5.74, 6) is 0.900. The molecule has 0 bridgehead atoms. The van der Waals surface area contributed by atoms with Crippen molar-refractivity contribution >= 4 is 21.9 Å². The van der Waals surface area contributed by atoms with Crippen molar-refractivity contribution in [2.24, 2.45) is 19.1 Å². The Morgan fingerprint density at radius 1 is 1.38 bits per heavy atom. The van der Waals surface area contributed by atoms with Crippen molar-refractivity contribution in [1.29, 1.82) is 0 Å². The van der Waals surface area contributed by atoms with Gasteiger partial charge in [0.25, 0.3) is 0 Å². The fourth-order valence-electron chi connectivity index (χ4n) is 2.71. The van der Waals surface area contributed by atoms with Crippen LogP contribution in [0.1, 0.15) is 29.6 Å². The van der Waals surface area contributed by atoms with E-state index in [4.69, 9.17) is 4.99 Å². The molecular formula is C17H27BrN6. The molecule has 1 N–H and O–H groups in total. The van der Waals surface area contributed by atoms with Crippen LogP contribution in [0, 0.1) is 13.8 Å². The average Bonchev–Trinajstić information content (AvgIpc) is 2.95. The maximum Gasteiger partial charge on any atom is 0.194 e. The molecule has 0 aliphatic rings. The summed E-state index contributed by atoms with van der Waals surface area (Å²) in [5, 5.41) is 7.84. The minimum Gasteiger partial charge on any atom is -0.357 e. The second kappa shape index (κ2) is 7.88. The van der Waals surface area contributed by atoms with E-state index in [1.807, 2.05) is 18.7 Å². The summed E-state index contributed by atoms with van der Waals surface area (Å²) in [7, 11) is 6.09. The van der Waals surface area contributed by atoms with Gasteiger partial charge in [0.1, 0.15) is 0 Å². The number of guanidine groups is 1. The molecule has 2 rings (SSSR count). The van der Waals surface area contributed by atoms with E-state index in [2.05, 4.69) is 76.0 Å². The van der Waals surface area contributed by atoms with Crippen molar-refractivity contribution in [2.75, 3.05) is 13.6 Å². The maximum absolute atomic E-state index is 4.81. The molecule has 0 fully saturated rings. The molecule has 0 aliphatic heterocycles. The first-order chi connectivity index (χ1) is 11.3. The summed E-state index contributed by atoms with van der Waals surface area (Å²) in [6.07, 6.45) is 2.07. The molecule has 0 radical (unpaired) electrons. The second-order valence-electron chi connectivity index (χ2n) is 6.06. The van der Waals surface area contributed by atoms with Gasteiger partial charge in [-0.3, -0.25) is 4.68 Å². The molecule has 0 saturated carbocycles.